The van der Waals surface area contributed by atoms with Crippen LogP contribution in [0.1, 0.15) is 17.3 Å². The zero-order chi connectivity index (χ0) is 14.0. The topological polar surface area (TPSA) is 99.0 Å². The summed E-state index contributed by atoms with van der Waals surface area (Å²) in [6, 6.07) is 5.14. The number of Topliss-reactive ketones (excluding diaryl/α,β-unsaturated/α-hetero) is 1. The van der Waals surface area contributed by atoms with Crippen LogP contribution < -0.4 is 0 Å². The molecule has 0 aromatic heterocycles. The summed E-state index contributed by atoms with van der Waals surface area (Å²) in [5.41, 5.74) is 0.164. The van der Waals surface area contributed by atoms with Gasteiger partial charge in [-0.25, -0.2) is 4.79 Å². The van der Waals surface area contributed by atoms with Crippen molar-refractivity contribution in [3.05, 3.63) is 39.9 Å². The highest BCUT2D eigenvalue weighted by molar-refractivity contribution is 6.05. The van der Waals surface area contributed by atoms with Gasteiger partial charge >= 0.3 is 5.97 Å². The second-order valence-corrected chi connectivity index (χ2v) is 3.90. The molecule has 0 spiro atoms. The fourth-order valence-electron chi connectivity index (χ4n) is 1.63. The summed E-state index contributed by atoms with van der Waals surface area (Å²) < 4.78 is 9.69. The number of ether oxygens (including phenoxy) is 2. The van der Waals surface area contributed by atoms with E-state index in [1.807, 2.05) is 0 Å². The van der Waals surface area contributed by atoms with Gasteiger partial charge in [0.15, 0.2) is 18.0 Å². The summed E-state index contributed by atoms with van der Waals surface area (Å²) in [6.07, 6.45) is -1.71. The van der Waals surface area contributed by atoms with Gasteiger partial charge in [-0.3, -0.25) is 14.9 Å². The van der Waals surface area contributed by atoms with Crippen LogP contribution in [0.25, 0.3) is 0 Å². The summed E-state index contributed by atoms with van der Waals surface area (Å²) in [7, 11) is 0. The van der Waals surface area contributed by atoms with Crippen LogP contribution in [0.4, 0.5) is 5.69 Å². The molecule has 2 unspecified atom stereocenters. The van der Waals surface area contributed by atoms with E-state index in [2.05, 4.69) is 0 Å². The molecule has 100 valence electrons. The first-order valence-electron chi connectivity index (χ1n) is 5.65. The summed E-state index contributed by atoms with van der Waals surface area (Å²) in [5.74, 6) is -0.948. The number of nitrogens with zero attached hydrogens (tertiary/aromatic N) is 1. The van der Waals surface area contributed by atoms with Gasteiger partial charge in [-0.15, -0.1) is 0 Å². The van der Waals surface area contributed by atoms with Crippen LogP contribution in [0.2, 0.25) is 0 Å². The number of non-ortho nitro benzene ring substituents is 1. The van der Waals surface area contributed by atoms with E-state index in [-0.39, 0.29) is 23.6 Å². The molecule has 0 aliphatic carbocycles. The van der Waals surface area contributed by atoms with Crippen LogP contribution in [-0.4, -0.2) is 35.5 Å². The number of carbonyl (C=O) groups is 2. The summed E-state index contributed by atoms with van der Waals surface area (Å²) in [4.78, 5) is 33.1. The molecule has 0 amide bonds. The maximum Gasteiger partial charge on any atom is 0.338 e. The van der Waals surface area contributed by atoms with Gasteiger partial charge in [-0.05, 0) is 19.1 Å². The SMILES string of the molecule is CCOC(=O)C1OC1C(=O)c1ccc([N+](=O)[O-])cc1. The second-order valence-electron chi connectivity index (χ2n) is 3.90. The highest BCUT2D eigenvalue weighted by atomic mass is 16.6. The molecule has 1 heterocycles. The molecular formula is C12H11NO6. The lowest BCUT2D eigenvalue weighted by Gasteiger charge is -1.98. The van der Waals surface area contributed by atoms with E-state index in [1.165, 1.54) is 24.3 Å². The highest BCUT2D eigenvalue weighted by Crippen LogP contribution is 2.27. The summed E-state index contributed by atoms with van der Waals surface area (Å²) in [5, 5.41) is 10.5. The summed E-state index contributed by atoms with van der Waals surface area (Å²) in [6.45, 7) is 1.88. The lowest BCUT2D eigenvalue weighted by atomic mass is 10.1. The van der Waals surface area contributed by atoms with Crippen LogP contribution in [0.15, 0.2) is 24.3 Å². The van der Waals surface area contributed by atoms with Crippen LogP contribution in [-0.2, 0) is 14.3 Å². The third-order valence-corrected chi connectivity index (χ3v) is 2.63. The molecule has 0 saturated carbocycles. The van der Waals surface area contributed by atoms with Gasteiger partial charge in [0, 0.05) is 17.7 Å². The molecule has 7 heteroatoms. The van der Waals surface area contributed by atoms with Crippen LogP contribution in [0.5, 0.6) is 0 Å². The number of rotatable bonds is 5. The van der Waals surface area contributed by atoms with Gasteiger partial charge in [-0.1, -0.05) is 0 Å². The van der Waals surface area contributed by atoms with Gasteiger partial charge in [0.1, 0.15) is 0 Å². The number of hydrogen-bond donors (Lipinski definition) is 0. The first kappa shape index (κ1) is 13.2. The van der Waals surface area contributed by atoms with E-state index in [0.29, 0.717) is 0 Å². The van der Waals surface area contributed by atoms with Crippen molar-refractivity contribution in [1.29, 1.82) is 0 Å². The van der Waals surface area contributed by atoms with E-state index in [9.17, 15) is 19.7 Å². The van der Waals surface area contributed by atoms with Crippen LogP contribution in [0.3, 0.4) is 0 Å². The minimum Gasteiger partial charge on any atom is -0.464 e. The van der Waals surface area contributed by atoms with Crippen molar-refractivity contribution in [2.24, 2.45) is 0 Å². The number of epoxide rings is 1. The van der Waals surface area contributed by atoms with E-state index in [0.717, 1.165) is 0 Å². The molecule has 2 rings (SSSR count). The number of carbonyl (C=O) groups excluding carboxylic acids is 2. The zero-order valence-corrected chi connectivity index (χ0v) is 10.1. The van der Waals surface area contributed by atoms with Gasteiger partial charge in [-0.2, -0.15) is 0 Å². The Bertz CT molecular complexity index is 524. The minimum atomic E-state index is -0.859. The molecule has 1 saturated heterocycles. The normalized spacial score (nSPS) is 20.7. The number of ketones is 1. The molecule has 1 aromatic rings. The molecular weight excluding hydrogens is 254 g/mol. The lowest BCUT2D eigenvalue weighted by Crippen LogP contribution is -2.18. The fraction of sp³-hybridized carbons (Fsp3) is 0.333. The van der Waals surface area contributed by atoms with Gasteiger partial charge in [0.25, 0.3) is 5.69 Å². The highest BCUT2D eigenvalue weighted by Gasteiger charge is 2.51. The molecule has 0 radical (unpaired) electrons. The third kappa shape index (κ3) is 2.76. The molecule has 1 aromatic carbocycles. The largest absolute Gasteiger partial charge is 0.464 e. The number of benzene rings is 1. The lowest BCUT2D eigenvalue weighted by molar-refractivity contribution is -0.384. The molecule has 0 N–H and O–H groups in total. The van der Waals surface area contributed by atoms with Crippen molar-refractivity contribution >= 4 is 17.4 Å². The van der Waals surface area contributed by atoms with Crippen molar-refractivity contribution < 1.29 is 24.0 Å². The Morgan fingerprint density at radius 3 is 2.47 bits per heavy atom. The Morgan fingerprint density at radius 1 is 1.32 bits per heavy atom. The molecule has 1 aliphatic rings. The summed E-state index contributed by atoms with van der Waals surface area (Å²) >= 11 is 0. The van der Waals surface area contributed by atoms with E-state index in [4.69, 9.17) is 9.47 Å². The fourth-order valence-corrected chi connectivity index (χ4v) is 1.63. The van der Waals surface area contributed by atoms with Crippen LogP contribution in [0, 0.1) is 10.1 Å². The molecule has 2 atom stereocenters. The number of hydrogen-bond acceptors (Lipinski definition) is 6. The monoisotopic (exact) mass is 265 g/mol. The van der Waals surface area contributed by atoms with Crippen LogP contribution >= 0.6 is 0 Å². The standard InChI is InChI=1S/C12H11NO6/c1-2-18-12(15)11-10(19-11)9(14)7-3-5-8(6-4-7)13(16)17/h3-6,10-11H,2H2,1H3. The molecule has 1 fully saturated rings. The average Bonchev–Trinajstić information content (AvgIpc) is 3.18. The number of esters is 1. The maximum absolute atomic E-state index is 11.9. The Hall–Kier alpha value is -2.28. The Morgan fingerprint density at radius 2 is 1.95 bits per heavy atom. The van der Waals surface area contributed by atoms with Gasteiger partial charge < -0.3 is 9.47 Å². The zero-order valence-electron chi connectivity index (χ0n) is 10.1. The van der Waals surface area contributed by atoms with E-state index >= 15 is 0 Å². The first-order chi connectivity index (χ1) is 9.04. The Labute approximate surface area is 108 Å². The van der Waals surface area contributed by atoms with E-state index < -0.39 is 23.1 Å². The Kier molecular flexibility index (Phi) is 3.57. The van der Waals surface area contributed by atoms with Crippen molar-refractivity contribution in [2.75, 3.05) is 6.61 Å². The van der Waals surface area contributed by atoms with Gasteiger partial charge in [0.2, 0.25) is 0 Å². The second kappa shape index (κ2) is 5.15. The average molecular weight is 265 g/mol. The van der Waals surface area contributed by atoms with Crippen molar-refractivity contribution in [3.8, 4) is 0 Å². The molecule has 1 aliphatic heterocycles. The van der Waals surface area contributed by atoms with Crippen molar-refractivity contribution in [2.45, 2.75) is 19.1 Å². The first-order valence-corrected chi connectivity index (χ1v) is 5.65. The molecule has 0 bridgehead atoms. The predicted octanol–water partition coefficient (Wildman–Crippen LogP) is 1.11. The maximum atomic E-state index is 11.9. The van der Waals surface area contributed by atoms with E-state index in [1.54, 1.807) is 6.92 Å². The molecule has 7 nitrogen and oxygen atoms in total. The number of nitro groups is 1. The van der Waals surface area contributed by atoms with Gasteiger partial charge in [0.05, 0.1) is 11.5 Å². The quantitative estimate of drug-likeness (QED) is 0.260. The predicted molar refractivity (Wildman–Crippen MR) is 62.7 cm³/mol. The molecule has 19 heavy (non-hydrogen) atoms. The van der Waals surface area contributed by atoms with Crippen molar-refractivity contribution in [3.63, 3.8) is 0 Å². The minimum absolute atomic E-state index is 0.102. The number of nitro benzene ring substituents is 1. The Balaban J connectivity index is 2.02. The van der Waals surface area contributed by atoms with Crippen molar-refractivity contribution in [1.82, 2.24) is 0 Å². The third-order valence-electron chi connectivity index (χ3n) is 2.63. The smallest absolute Gasteiger partial charge is 0.338 e.